The summed E-state index contributed by atoms with van der Waals surface area (Å²) in [6, 6.07) is 83.0. The third kappa shape index (κ3) is 9.47. The van der Waals surface area contributed by atoms with Gasteiger partial charge in [-0.15, -0.1) is 23.8 Å². The summed E-state index contributed by atoms with van der Waals surface area (Å²) in [5.74, 6) is 1.55. The van der Waals surface area contributed by atoms with Gasteiger partial charge in [-0.1, -0.05) is 238 Å². The Morgan fingerprint density at radius 2 is 1.09 bits per heavy atom. The van der Waals surface area contributed by atoms with Crippen LogP contribution in [0.3, 0.4) is 0 Å². The molecule has 0 bridgehead atoms. The van der Waals surface area contributed by atoms with E-state index in [1.165, 1.54) is 42.4 Å². The van der Waals surface area contributed by atoms with Crippen LogP contribution in [0.15, 0.2) is 231 Å². The van der Waals surface area contributed by atoms with Gasteiger partial charge >= 0.3 is 0 Å². The van der Waals surface area contributed by atoms with Crippen molar-refractivity contribution in [3.05, 3.63) is 253 Å². The van der Waals surface area contributed by atoms with Crippen LogP contribution in [0.4, 0.5) is 0 Å². The molecule has 0 spiro atoms. The minimum Gasteiger partial charge on any atom is -0.507 e. The van der Waals surface area contributed by atoms with Crippen LogP contribution in [0.2, 0.25) is 0 Å². The first-order valence-corrected chi connectivity index (χ1v) is 25.7. The van der Waals surface area contributed by atoms with Crippen LogP contribution < -0.4 is 0 Å². The smallest absolute Gasteiger partial charge is 0.148 e. The van der Waals surface area contributed by atoms with Gasteiger partial charge in [0.2, 0.25) is 0 Å². The monoisotopic (exact) mass is 1140 g/mol. The summed E-state index contributed by atoms with van der Waals surface area (Å²) in [5, 5.41) is 12.4. The summed E-state index contributed by atoms with van der Waals surface area (Å²) >= 11 is 0. The molecule has 4 nitrogen and oxygen atoms in total. The number of aromatic nitrogens is 3. The molecule has 0 aliphatic heterocycles. The Morgan fingerprint density at radius 1 is 0.514 bits per heavy atom. The van der Waals surface area contributed by atoms with Gasteiger partial charge < -0.3 is 5.11 Å². The summed E-state index contributed by atoms with van der Waals surface area (Å²) in [4.78, 5) is 10.6. The molecule has 0 atom stereocenters. The molecule has 0 unspecified atom stereocenters. The SMILES string of the molecule is CC(C)(c1ccccc1)c1ccc(-c2ccnc(-c3[c-]c(-c4cccc5c4nc(-c4cccc(-c6ccccc6)c4O)n5-c4ccc(CC5CCCC5)cc4-c4ccccc4)cc(-c4ccccc4)c3)c2)cc1.[Pt]. The van der Waals surface area contributed by atoms with Crippen molar-refractivity contribution < 1.29 is 26.2 Å². The third-order valence-corrected chi connectivity index (χ3v) is 15.2. The number of para-hydroxylation sites is 2. The van der Waals surface area contributed by atoms with E-state index in [-0.39, 0.29) is 32.2 Å². The van der Waals surface area contributed by atoms with Crippen molar-refractivity contribution in [2.45, 2.75) is 51.4 Å². The average molecular weight is 1140 g/mol. The molecule has 0 amide bonds. The quantitative estimate of drug-likeness (QED) is 0.124. The van der Waals surface area contributed by atoms with Crippen molar-refractivity contribution in [2.24, 2.45) is 5.92 Å². The zero-order valence-electron chi connectivity index (χ0n) is 41.7. The molecule has 11 aromatic rings. The molecule has 0 radical (unpaired) electrons. The summed E-state index contributed by atoms with van der Waals surface area (Å²) in [5.41, 5.74) is 19.0. The topological polar surface area (TPSA) is 50.9 Å². The minimum atomic E-state index is -0.137. The van der Waals surface area contributed by atoms with Gasteiger partial charge in [-0.3, -0.25) is 9.55 Å². The second-order valence-corrected chi connectivity index (χ2v) is 20.1. The van der Waals surface area contributed by atoms with Gasteiger partial charge in [0.25, 0.3) is 0 Å². The number of hydrogen-bond acceptors (Lipinski definition) is 3. The van der Waals surface area contributed by atoms with Crippen molar-refractivity contribution in [3.8, 4) is 89.7 Å². The molecule has 1 aliphatic rings. The number of phenols is 1. The van der Waals surface area contributed by atoms with E-state index in [0.717, 1.165) is 90.0 Å². The fourth-order valence-corrected chi connectivity index (χ4v) is 11.1. The number of hydrogen-bond donors (Lipinski definition) is 1. The standard InChI is InChI=1S/C69H56N3O.Pt/c1-69(2,57-27-13-6-14-28-57)58-36-34-50(35-37-58)53-39-40-70-63(46-53)56-44-54(49-21-7-3-8-22-49)43-55(45-56)59-29-18-32-65-66(59)71-68(61-31-17-30-60(67(61)73)51-23-9-4-10-24-51)72(65)64-38-33-48(41-47-19-15-16-20-47)42-62(64)52-25-11-5-12-26-52;/h3-14,17-18,21-40,42-44,46-47,73H,15-16,19-20,41H2,1-2H3;/q-1;. The van der Waals surface area contributed by atoms with Gasteiger partial charge in [-0.2, -0.15) is 0 Å². The van der Waals surface area contributed by atoms with Crippen molar-refractivity contribution in [3.63, 3.8) is 0 Å². The Hall–Kier alpha value is -7.91. The van der Waals surface area contributed by atoms with E-state index < -0.39 is 0 Å². The van der Waals surface area contributed by atoms with Crippen LogP contribution in [-0.4, -0.2) is 19.6 Å². The number of nitrogens with zero attached hydrogens (tertiary/aromatic N) is 3. The number of aromatic hydroxyl groups is 1. The van der Waals surface area contributed by atoms with Crippen LogP contribution in [0.25, 0.3) is 95.0 Å². The molecule has 2 heterocycles. The predicted octanol–water partition coefficient (Wildman–Crippen LogP) is 17.7. The van der Waals surface area contributed by atoms with E-state index in [0.29, 0.717) is 17.3 Å². The zero-order chi connectivity index (χ0) is 49.3. The minimum absolute atomic E-state index is 0. The fraction of sp³-hybridized carbons (Fsp3) is 0.130. The van der Waals surface area contributed by atoms with Gasteiger partial charge in [0, 0.05) is 49.5 Å². The second-order valence-electron chi connectivity index (χ2n) is 20.1. The molecule has 1 saturated carbocycles. The Balaban J connectivity index is 0.00000588. The maximum absolute atomic E-state index is 12.4. The molecule has 5 heteroatoms. The molecule has 1 N–H and O–H groups in total. The number of benzene rings is 9. The van der Waals surface area contributed by atoms with Crippen molar-refractivity contribution in [1.82, 2.24) is 14.5 Å². The van der Waals surface area contributed by atoms with Gasteiger partial charge in [0.05, 0.1) is 22.3 Å². The molecule has 364 valence electrons. The molecule has 2 aromatic heterocycles. The van der Waals surface area contributed by atoms with Gasteiger partial charge in [-0.25, -0.2) is 4.98 Å². The predicted molar refractivity (Wildman–Crippen MR) is 302 cm³/mol. The Morgan fingerprint density at radius 3 is 1.80 bits per heavy atom. The molecular weight excluding hydrogens is 1080 g/mol. The molecule has 9 aromatic carbocycles. The first-order valence-electron chi connectivity index (χ1n) is 25.7. The van der Waals surface area contributed by atoms with Crippen LogP contribution in [-0.2, 0) is 32.9 Å². The summed E-state index contributed by atoms with van der Waals surface area (Å²) in [6.45, 7) is 4.57. The molecule has 0 saturated heterocycles. The summed E-state index contributed by atoms with van der Waals surface area (Å²) < 4.78 is 2.27. The van der Waals surface area contributed by atoms with E-state index in [2.05, 4.69) is 200 Å². The van der Waals surface area contributed by atoms with Crippen LogP contribution in [0.5, 0.6) is 5.75 Å². The van der Waals surface area contributed by atoms with E-state index in [1.807, 2.05) is 54.7 Å². The zero-order valence-corrected chi connectivity index (χ0v) is 43.9. The molecule has 1 aliphatic carbocycles. The summed E-state index contributed by atoms with van der Waals surface area (Å²) in [7, 11) is 0. The van der Waals surface area contributed by atoms with Crippen LogP contribution >= 0.6 is 0 Å². The van der Waals surface area contributed by atoms with Crippen molar-refractivity contribution >= 4 is 11.0 Å². The van der Waals surface area contributed by atoms with E-state index in [9.17, 15) is 5.11 Å². The van der Waals surface area contributed by atoms with Crippen molar-refractivity contribution in [2.75, 3.05) is 0 Å². The number of pyridine rings is 1. The largest absolute Gasteiger partial charge is 0.507 e. The number of fused-ring (bicyclic) bond motifs is 1. The Labute approximate surface area is 449 Å². The van der Waals surface area contributed by atoms with Gasteiger partial charge in [0.15, 0.2) is 0 Å². The van der Waals surface area contributed by atoms with Gasteiger partial charge in [0.1, 0.15) is 11.6 Å². The molecule has 12 rings (SSSR count). The fourth-order valence-electron chi connectivity index (χ4n) is 11.1. The number of rotatable bonds is 12. The second kappa shape index (κ2) is 20.9. The molecule has 1 fully saturated rings. The number of imidazole rings is 1. The van der Waals surface area contributed by atoms with Crippen LogP contribution in [0, 0.1) is 12.0 Å². The first kappa shape index (κ1) is 48.4. The summed E-state index contributed by atoms with van der Waals surface area (Å²) in [6.07, 6.45) is 8.16. The molecular formula is C69H56N3OPt-. The Bertz CT molecular complexity index is 3730. The van der Waals surface area contributed by atoms with E-state index in [4.69, 9.17) is 9.97 Å². The van der Waals surface area contributed by atoms with Gasteiger partial charge in [-0.05, 0) is 87.2 Å². The maximum atomic E-state index is 12.4. The Kier molecular flexibility index (Phi) is 13.7. The normalized spacial score (nSPS) is 12.7. The average Bonchev–Trinajstić information content (AvgIpc) is 4.12. The molecule has 74 heavy (non-hydrogen) atoms. The first-order chi connectivity index (χ1) is 35.9. The third-order valence-electron chi connectivity index (χ3n) is 15.2. The maximum Gasteiger partial charge on any atom is 0.148 e. The van der Waals surface area contributed by atoms with Crippen molar-refractivity contribution in [1.29, 1.82) is 0 Å². The van der Waals surface area contributed by atoms with E-state index in [1.54, 1.807) is 0 Å². The number of phenolic OH excluding ortho intramolecular Hbond substituents is 1. The van der Waals surface area contributed by atoms with Crippen LogP contribution in [0.1, 0.15) is 56.2 Å². The van der Waals surface area contributed by atoms with E-state index >= 15 is 0 Å².